The summed E-state index contributed by atoms with van der Waals surface area (Å²) in [7, 11) is 0. The van der Waals surface area contributed by atoms with Crippen LogP contribution in [0.25, 0.3) is 0 Å². The topological polar surface area (TPSA) is 50.7 Å². The first-order valence-corrected chi connectivity index (χ1v) is 7.99. The third-order valence-electron chi connectivity index (χ3n) is 2.83. The van der Waals surface area contributed by atoms with E-state index in [0.29, 0.717) is 5.92 Å². The van der Waals surface area contributed by atoms with Crippen molar-refractivity contribution in [1.29, 1.82) is 0 Å². The molecule has 0 atom stereocenters. The van der Waals surface area contributed by atoms with Crippen molar-refractivity contribution < 1.29 is 0 Å². The van der Waals surface area contributed by atoms with E-state index in [1.54, 1.807) is 0 Å². The van der Waals surface area contributed by atoms with E-state index in [-0.39, 0.29) is 0 Å². The van der Waals surface area contributed by atoms with Crippen LogP contribution >= 0.6 is 11.8 Å². The Hall–Kier alpha value is -1.46. The summed E-state index contributed by atoms with van der Waals surface area (Å²) in [5.41, 5.74) is 3.33. The van der Waals surface area contributed by atoms with Crippen molar-refractivity contribution in [2.24, 2.45) is 5.92 Å². The van der Waals surface area contributed by atoms with Crippen molar-refractivity contribution in [3.05, 3.63) is 41.3 Å². The lowest BCUT2D eigenvalue weighted by molar-refractivity contribution is 0.550. The van der Waals surface area contributed by atoms with E-state index < -0.39 is 0 Å². The van der Waals surface area contributed by atoms with Crippen molar-refractivity contribution >= 4 is 11.8 Å². The maximum atomic E-state index is 4.49. The molecule has 5 heteroatoms. The van der Waals surface area contributed by atoms with Crippen molar-refractivity contribution in [2.45, 2.75) is 44.4 Å². The average molecular weight is 302 g/mol. The Balaban J connectivity index is 1.95. The average Bonchev–Trinajstić information content (AvgIpc) is 2.39. The van der Waals surface area contributed by atoms with Crippen molar-refractivity contribution in [3.8, 4) is 0 Å². The van der Waals surface area contributed by atoms with E-state index in [1.807, 2.05) is 19.3 Å². The molecule has 0 spiro atoms. The van der Waals surface area contributed by atoms with Crippen LogP contribution in [0.1, 0.15) is 30.7 Å². The van der Waals surface area contributed by atoms with Gasteiger partial charge in [-0.25, -0.2) is 15.0 Å². The van der Waals surface area contributed by atoms with Crippen molar-refractivity contribution in [1.82, 2.24) is 20.3 Å². The highest BCUT2D eigenvalue weighted by Crippen LogP contribution is 2.23. The van der Waals surface area contributed by atoms with Crippen LogP contribution < -0.4 is 5.32 Å². The lowest BCUT2D eigenvalue weighted by Gasteiger charge is -2.07. The molecule has 0 radical (unpaired) electrons. The summed E-state index contributed by atoms with van der Waals surface area (Å²) in [6, 6.07) is 4.12. The van der Waals surface area contributed by atoms with E-state index in [4.69, 9.17) is 0 Å². The minimum atomic E-state index is 0.649. The fourth-order valence-corrected chi connectivity index (χ4v) is 2.77. The fraction of sp³-hybridized carbons (Fsp3) is 0.438. The summed E-state index contributed by atoms with van der Waals surface area (Å²) in [5, 5.41) is 5.07. The fourth-order valence-electron chi connectivity index (χ4n) is 1.94. The molecule has 0 saturated carbocycles. The quantitative estimate of drug-likeness (QED) is 0.829. The van der Waals surface area contributed by atoms with Crippen LogP contribution in [0.15, 0.2) is 34.7 Å². The lowest BCUT2D eigenvalue weighted by atomic mass is 10.2. The molecule has 0 fully saturated rings. The summed E-state index contributed by atoms with van der Waals surface area (Å²) in [6.07, 6.45) is 3.76. The molecule has 4 nitrogen and oxygen atoms in total. The standard InChI is InChI=1S/C16H22N4S/c1-11(2)7-17-8-14-9-18-16(19-10-14)21-15-6-12(3)5-13(4)20-15/h5-6,9-11,17H,7-8H2,1-4H3. The molecule has 2 rings (SSSR count). The molecule has 0 aliphatic heterocycles. The number of nitrogens with zero attached hydrogens (tertiary/aromatic N) is 3. The summed E-state index contributed by atoms with van der Waals surface area (Å²) in [6.45, 7) is 10.3. The van der Waals surface area contributed by atoms with Crippen LogP contribution in [0.5, 0.6) is 0 Å². The second-order valence-electron chi connectivity index (χ2n) is 5.62. The highest BCUT2D eigenvalue weighted by atomic mass is 32.2. The van der Waals surface area contributed by atoms with Crippen molar-refractivity contribution in [2.75, 3.05) is 6.54 Å². The largest absolute Gasteiger partial charge is 0.312 e. The molecule has 0 amide bonds. The van der Waals surface area contributed by atoms with Gasteiger partial charge >= 0.3 is 0 Å². The Bertz CT molecular complexity index is 561. The van der Waals surface area contributed by atoms with Gasteiger partial charge in [-0.1, -0.05) is 13.8 Å². The lowest BCUT2D eigenvalue weighted by Crippen LogP contribution is -2.19. The zero-order valence-electron chi connectivity index (χ0n) is 13.1. The van der Waals surface area contributed by atoms with E-state index >= 15 is 0 Å². The van der Waals surface area contributed by atoms with Gasteiger partial charge in [0.2, 0.25) is 0 Å². The Morgan fingerprint density at radius 3 is 2.48 bits per heavy atom. The van der Waals surface area contributed by atoms with E-state index in [0.717, 1.165) is 34.5 Å². The van der Waals surface area contributed by atoms with Gasteiger partial charge in [-0.3, -0.25) is 0 Å². The number of hydrogen-bond acceptors (Lipinski definition) is 5. The molecule has 2 aromatic heterocycles. The molecule has 112 valence electrons. The first kappa shape index (κ1) is 15.9. The molecular weight excluding hydrogens is 280 g/mol. The Labute approximate surface area is 130 Å². The number of aromatic nitrogens is 3. The molecule has 2 heterocycles. The Morgan fingerprint density at radius 1 is 1.14 bits per heavy atom. The Morgan fingerprint density at radius 2 is 1.86 bits per heavy atom. The van der Waals surface area contributed by atoms with Crippen LogP contribution in [0.4, 0.5) is 0 Å². The molecule has 21 heavy (non-hydrogen) atoms. The molecule has 0 aliphatic carbocycles. The zero-order chi connectivity index (χ0) is 15.2. The predicted octanol–water partition coefficient (Wildman–Crippen LogP) is 3.39. The summed E-state index contributed by atoms with van der Waals surface area (Å²) >= 11 is 1.50. The Kier molecular flexibility index (Phi) is 5.70. The third kappa shape index (κ3) is 5.44. The van der Waals surface area contributed by atoms with Crippen LogP contribution in [0, 0.1) is 19.8 Å². The minimum absolute atomic E-state index is 0.649. The first-order valence-electron chi connectivity index (χ1n) is 7.17. The monoisotopic (exact) mass is 302 g/mol. The SMILES string of the molecule is Cc1cc(C)nc(Sc2ncc(CNCC(C)C)cn2)c1. The summed E-state index contributed by atoms with van der Waals surface area (Å²) in [4.78, 5) is 13.3. The maximum absolute atomic E-state index is 4.49. The van der Waals surface area contributed by atoms with Crippen molar-refractivity contribution in [3.63, 3.8) is 0 Å². The molecule has 1 N–H and O–H groups in total. The number of nitrogens with one attached hydrogen (secondary N) is 1. The van der Waals surface area contributed by atoms with Gasteiger partial charge in [0.15, 0.2) is 5.16 Å². The maximum Gasteiger partial charge on any atom is 0.193 e. The number of rotatable bonds is 6. The first-order chi connectivity index (χ1) is 10.0. The van der Waals surface area contributed by atoms with Gasteiger partial charge in [0.1, 0.15) is 5.03 Å². The number of aryl methyl sites for hydroxylation is 2. The van der Waals surface area contributed by atoms with Crippen LogP contribution in [0.2, 0.25) is 0 Å². The minimum Gasteiger partial charge on any atom is -0.312 e. The zero-order valence-corrected chi connectivity index (χ0v) is 13.9. The summed E-state index contributed by atoms with van der Waals surface area (Å²) < 4.78 is 0. The molecule has 0 aromatic carbocycles. The molecule has 0 bridgehead atoms. The predicted molar refractivity (Wildman–Crippen MR) is 86.4 cm³/mol. The highest BCUT2D eigenvalue weighted by molar-refractivity contribution is 7.99. The number of pyridine rings is 1. The van der Waals surface area contributed by atoms with E-state index in [1.165, 1.54) is 17.3 Å². The van der Waals surface area contributed by atoms with E-state index in [9.17, 15) is 0 Å². The van der Waals surface area contributed by atoms with Gasteiger partial charge in [0.05, 0.1) is 0 Å². The summed E-state index contributed by atoms with van der Waals surface area (Å²) in [5.74, 6) is 0.649. The smallest absolute Gasteiger partial charge is 0.193 e. The molecule has 0 aliphatic rings. The second kappa shape index (κ2) is 7.52. The molecule has 0 unspecified atom stereocenters. The van der Waals surface area contributed by atoms with Gasteiger partial charge in [-0.2, -0.15) is 0 Å². The van der Waals surface area contributed by atoms with Gasteiger partial charge in [-0.15, -0.1) is 0 Å². The number of hydrogen-bond donors (Lipinski definition) is 1. The van der Waals surface area contributed by atoms with Gasteiger partial charge in [-0.05, 0) is 55.8 Å². The van der Waals surface area contributed by atoms with Crippen LogP contribution in [-0.4, -0.2) is 21.5 Å². The van der Waals surface area contributed by atoms with E-state index in [2.05, 4.69) is 53.2 Å². The van der Waals surface area contributed by atoms with Crippen LogP contribution in [0.3, 0.4) is 0 Å². The third-order valence-corrected chi connectivity index (χ3v) is 3.65. The molecular formula is C16H22N4S. The highest BCUT2D eigenvalue weighted by Gasteiger charge is 2.04. The van der Waals surface area contributed by atoms with Gasteiger partial charge < -0.3 is 5.32 Å². The normalized spacial score (nSPS) is 11.1. The van der Waals surface area contributed by atoms with Crippen LogP contribution in [-0.2, 0) is 6.54 Å². The molecule has 2 aromatic rings. The van der Waals surface area contributed by atoms with Gasteiger partial charge in [0.25, 0.3) is 0 Å². The van der Waals surface area contributed by atoms with Gasteiger partial charge in [0, 0.05) is 30.2 Å². The molecule has 0 saturated heterocycles. The second-order valence-corrected chi connectivity index (χ2v) is 6.61.